The molecule has 3 heteroatoms. The van der Waals surface area contributed by atoms with Crippen molar-refractivity contribution in [1.29, 1.82) is 0 Å². The lowest BCUT2D eigenvalue weighted by Gasteiger charge is -2.24. The molecule has 0 saturated carbocycles. The number of aldehydes is 1. The number of carbonyl (C=O) groups is 1. The van der Waals surface area contributed by atoms with E-state index in [1.807, 2.05) is 19.1 Å². The van der Waals surface area contributed by atoms with Gasteiger partial charge < -0.3 is 4.74 Å². The molecule has 0 saturated heterocycles. The molecule has 0 aliphatic carbocycles. The second kappa shape index (κ2) is 4.45. The lowest BCUT2D eigenvalue weighted by molar-refractivity contribution is 0.112. The van der Waals surface area contributed by atoms with Crippen molar-refractivity contribution in [3.05, 3.63) is 23.8 Å². The fourth-order valence-electron chi connectivity index (χ4n) is 1.32. The molecular formula is C12H18NO2+. The van der Waals surface area contributed by atoms with Crippen molar-refractivity contribution in [2.75, 3.05) is 27.7 Å². The van der Waals surface area contributed by atoms with Crippen molar-refractivity contribution in [3.8, 4) is 5.75 Å². The van der Waals surface area contributed by atoms with Crippen LogP contribution in [0.3, 0.4) is 0 Å². The van der Waals surface area contributed by atoms with E-state index in [4.69, 9.17) is 4.74 Å². The summed E-state index contributed by atoms with van der Waals surface area (Å²) < 4.78 is 6.13. The fraction of sp³-hybridized carbons (Fsp3) is 0.417. The number of carbonyl (C=O) groups excluding carboxylic acids is 1. The predicted molar refractivity (Wildman–Crippen MR) is 62.6 cm³/mol. The Morgan fingerprint density at radius 3 is 2.47 bits per heavy atom. The molecule has 0 atom stereocenters. The van der Waals surface area contributed by atoms with Crippen molar-refractivity contribution in [2.45, 2.75) is 6.92 Å². The summed E-state index contributed by atoms with van der Waals surface area (Å²) in [5, 5.41) is 0. The number of ether oxygens (including phenoxy) is 1. The van der Waals surface area contributed by atoms with Crippen LogP contribution >= 0.6 is 0 Å². The van der Waals surface area contributed by atoms with Crippen LogP contribution < -0.4 is 9.22 Å². The van der Waals surface area contributed by atoms with Gasteiger partial charge in [0, 0.05) is 12.1 Å². The Kier molecular flexibility index (Phi) is 3.48. The fourth-order valence-corrected chi connectivity index (χ4v) is 1.32. The van der Waals surface area contributed by atoms with Gasteiger partial charge in [-0.05, 0) is 13.0 Å². The molecule has 1 aromatic rings. The Morgan fingerprint density at radius 1 is 1.33 bits per heavy atom. The summed E-state index contributed by atoms with van der Waals surface area (Å²) in [5.74, 6) is 0.665. The molecule has 0 heterocycles. The van der Waals surface area contributed by atoms with Crippen LogP contribution in [-0.4, -0.2) is 34.0 Å². The molecular weight excluding hydrogens is 190 g/mol. The van der Waals surface area contributed by atoms with Crippen LogP contribution in [0, 0.1) is 0 Å². The highest BCUT2D eigenvalue weighted by Gasteiger charge is 2.14. The van der Waals surface area contributed by atoms with Crippen molar-refractivity contribution >= 4 is 12.0 Å². The average Bonchev–Trinajstić information content (AvgIpc) is 2.17. The van der Waals surface area contributed by atoms with Crippen LogP contribution in [0.1, 0.15) is 17.3 Å². The highest BCUT2D eigenvalue weighted by atomic mass is 16.5. The van der Waals surface area contributed by atoms with Gasteiger partial charge >= 0.3 is 0 Å². The van der Waals surface area contributed by atoms with E-state index in [1.165, 1.54) is 0 Å². The van der Waals surface area contributed by atoms with E-state index in [9.17, 15) is 4.79 Å². The summed E-state index contributed by atoms with van der Waals surface area (Å²) in [4.78, 5) is 10.8. The maximum absolute atomic E-state index is 10.8. The minimum Gasteiger partial charge on any atom is -0.493 e. The smallest absolute Gasteiger partial charge is 0.153 e. The van der Waals surface area contributed by atoms with Gasteiger partial charge in [0.25, 0.3) is 0 Å². The summed E-state index contributed by atoms with van der Waals surface area (Å²) in [5.41, 5.74) is 1.72. The molecule has 15 heavy (non-hydrogen) atoms. The average molecular weight is 208 g/mol. The van der Waals surface area contributed by atoms with E-state index in [0.29, 0.717) is 22.4 Å². The second-order valence-corrected chi connectivity index (χ2v) is 4.29. The number of hydrogen-bond acceptors (Lipinski definition) is 2. The topological polar surface area (TPSA) is 26.3 Å². The summed E-state index contributed by atoms with van der Waals surface area (Å²) in [7, 11) is 6.23. The van der Waals surface area contributed by atoms with E-state index in [-0.39, 0.29) is 0 Å². The Morgan fingerprint density at radius 2 is 2.00 bits per heavy atom. The molecule has 0 spiro atoms. The Labute approximate surface area is 90.9 Å². The summed E-state index contributed by atoms with van der Waals surface area (Å²) in [6, 6.07) is 5.68. The normalized spacial score (nSPS) is 11.2. The van der Waals surface area contributed by atoms with Crippen molar-refractivity contribution in [2.24, 2.45) is 0 Å². The van der Waals surface area contributed by atoms with Crippen molar-refractivity contribution in [3.63, 3.8) is 0 Å². The zero-order chi connectivity index (χ0) is 11.5. The van der Waals surface area contributed by atoms with Crippen molar-refractivity contribution in [1.82, 2.24) is 4.48 Å². The predicted octanol–water partition coefficient (Wildman–Crippen LogP) is 2.09. The first-order valence-electron chi connectivity index (χ1n) is 5.03. The minimum atomic E-state index is 0.571. The second-order valence-electron chi connectivity index (χ2n) is 4.29. The molecule has 0 aromatic heterocycles. The highest BCUT2D eigenvalue weighted by molar-refractivity contribution is 5.80. The van der Waals surface area contributed by atoms with Crippen LogP contribution in [0.5, 0.6) is 5.75 Å². The zero-order valence-electron chi connectivity index (χ0n) is 9.78. The lowest BCUT2D eigenvalue weighted by Crippen LogP contribution is -2.34. The standard InChI is InChI=1S/C12H18NO2/c1-5-15-12-8-11(13(2,3)4)7-6-10(12)9-14/h6-9H,5H2,1-4H3/q+1. The molecule has 0 unspecified atom stereocenters. The van der Waals surface area contributed by atoms with Gasteiger partial charge in [-0.3, -0.25) is 9.28 Å². The van der Waals surface area contributed by atoms with E-state index >= 15 is 0 Å². The van der Waals surface area contributed by atoms with E-state index in [2.05, 4.69) is 21.1 Å². The van der Waals surface area contributed by atoms with Crippen LogP contribution in [0.4, 0.5) is 5.69 Å². The van der Waals surface area contributed by atoms with Gasteiger partial charge in [-0.15, -0.1) is 0 Å². The van der Waals surface area contributed by atoms with Crippen LogP contribution in [-0.2, 0) is 0 Å². The molecule has 0 amide bonds. The van der Waals surface area contributed by atoms with E-state index in [1.54, 1.807) is 6.07 Å². The molecule has 1 rings (SSSR count). The summed E-state index contributed by atoms with van der Waals surface area (Å²) >= 11 is 0. The number of nitrogens with zero attached hydrogens (tertiary/aromatic N) is 1. The quantitative estimate of drug-likeness (QED) is 0.559. The maximum Gasteiger partial charge on any atom is 0.153 e. The van der Waals surface area contributed by atoms with Gasteiger partial charge in [-0.1, -0.05) is 0 Å². The first-order valence-corrected chi connectivity index (χ1v) is 5.03. The molecule has 0 radical (unpaired) electrons. The Balaban J connectivity index is 3.15. The summed E-state index contributed by atoms with van der Waals surface area (Å²) in [6.45, 7) is 2.48. The lowest BCUT2D eigenvalue weighted by atomic mass is 10.2. The van der Waals surface area contributed by atoms with Crippen LogP contribution in [0.15, 0.2) is 18.2 Å². The van der Waals surface area contributed by atoms with E-state index in [0.717, 1.165) is 12.0 Å². The molecule has 1 aromatic carbocycles. The molecule has 0 bridgehead atoms. The molecule has 0 fully saturated rings. The first-order chi connectivity index (χ1) is 6.99. The number of rotatable bonds is 4. The third-order valence-corrected chi connectivity index (χ3v) is 2.20. The van der Waals surface area contributed by atoms with Crippen LogP contribution in [0.2, 0.25) is 0 Å². The van der Waals surface area contributed by atoms with Gasteiger partial charge in [0.1, 0.15) is 11.4 Å². The third-order valence-electron chi connectivity index (χ3n) is 2.20. The Bertz CT molecular complexity index is 353. The van der Waals surface area contributed by atoms with E-state index < -0.39 is 0 Å². The molecule has 0 aliphatic heterocycles. The maximum atomic E-state index is 10.8. The van der Waals surface area contributed by atoms with Gasteiger partial charge in [0.05, 0.1) is 33.3 Å². The molecule has 0 aliphatic rings. The number of benzene rings is 1. The summed E-state index contributed by atoms with van der Waals surface area (Å²) in [6.07, 6.45) is 0.824. The first kappa shape index (κ1) is 11.7. The number of quaternary nitrogens is 1. The largest absolute Gasteiger partial charge is 0.493 e. The van der Waals surface area contributed by atoms with Crippen molar-refractivity contribution < 1.29 is 9.53 Å². The number of hydrogen-bond donors (Lipinski definition) is 0. The zero-order valence-corrected chi connectivity index (χ0v) is 9.78. The minimum absolute atomic E-state index is 0.571. The molecule has 82 valence electrons. The van der Waals surface area contributed by atoms with Gasteiger partial charge in [0.2, 0.25) is 0 Å². The molecule has 3 nitrogen and oxygen atoms in total. The van der Waals surface area contributed by atoms with Gasteiger partial charge in [-0.25, -0.2) is 0 Å². The highest BCUT2D eigenvalue weighted by Crippen LogP contribution is 2.26. The monoisotopic (exact) mass is 208 g/mol. The molecule has 0 N–H and O–H groups in total. The van der Waals surface area contributed by atoms with Gasteiger partial charge in [0.15, 0.2) is 6.29 Å². The van der Waals surface area contributed by atoms with Gasteiger partial charge in [-0.2, -0.15) is 0 Å². The van der Waals surface area contributed by atoms with Crippen LogP contribution in [0.25, 0.3) is 0 Å². The SMILES string of the molecule is CCOc1cc([N+](C)(C)C)ccc1C=O. The third kappa shape index (κ3) is 2.80. The Hall–Kier alpha value is -1.35.